The van der Waals surface area contributed by atoms with Gasteiger partial charge in [-0.15, -0.1) is 0 Å². The van der Waals surface area contributed by atoms with Crippen LogP contribution in [0.5, 0.6) is 0 Å². The molecule has 0 radical (unpaired) electrons. The van der Waals surface area contributed by atoms with E-state index >= 15 is 0 Å². The minimum atomic E-state index is 0.0768. The molecular weight excluding hydrogens is 176 g/mol. The fourth-order valence-corrected chi connectivity index (χ4v) is 1.33. The van der Waals surface area contributed by atoms with Crippen LogP contribution in [0.4, 0.5) is 5.69 Å². The molecule has 3 nitrogen and oxygen atoms in total. The molecule has 0 aliphatic rings. The summed E-state index contributed by atoms with van der Waals surface area (Å²) in [6.07, 6.45) is 1.19. The molecule has 0 aromatic heterocycles. The van der Waals surface area contributed by atoms with Crippen LogP contribution in [0.25, 0.3) is 0 Å². The standard InChI is InChI=1S/C11H16N2O/c1-8-4-5-9(10(13)7-8)11(14)3-2-6-12/h4-5,7H,2-3,6,12-13H2,1H3. The van der Waals surface area contributed by atoms with E-state index < -0.39 is 0 Å². The van der Waals surface area contributed by atoms with Gasteiger partial charge in [-0.25, -0.2) is 0 Å². The second-order valence-electron chi connectivity index (χ2n) is 3.41. The van der Waals surface area contributed by atoms with Gasteiger partial charge >= 0.3 is 0 Å². The molecule has 0 saturated carbocycles. The molecule has 0 amide bonds. The van der Waals surface area contributed by atoms with Crippen LogP contribution in [-0.2, 0) is 0 Å². The average Bonchev–Trinajstić information content (AvgIpc) is 2.14. The van der Waals surface area contributed by atoms with E-state index in [1.54, 1.807) is 6.07 Å². The molecule has 14 heavy (non-hydrogen) atoms. The lowest BCUT2D eigenvalue weighted by Crippen LogP contribution is -2.07. The minimum Gasteiger partial charge on any atom is -0.398 e. The number of carbonyl (C=O) groups excluding carboxylic acids is 1. The molecule has 3 heteroatoms. The normalized spacial score (nSPS) is 10.1. The molecule has 0 aliphatic carbocycles. The Bertz CT molecular complexity index is 334. The number of nitrogen functional groups attached to an aromatic ring is 1. The predicted octanol–water partition coefficient (Wildman–Crippen LogP) is 1.50. The van der Waals surface area contributed by atoms with Gasteiger partial charge in [0.05, 0.1) is 0 Å². The van der Waals surface area contributed by atoms with Gasteiger partial charge in [-0.1, -0.05) is 6.07 Å². The van der Waals surface area contributed by atoms with Crippen molar-refractivity contribution in [3.8, 4) is 0 Å². The fraction of sp³-hybridized carbons (Fsp3) is 0.364. The molecule has 0 bridgehead atoms. The van der Waals surface area contributed by atoms with Crippen molar-refractivity contribution in [2.75, 3.05) is 12.3 Å². The molecule has 0 atom stereocenters. The van der Waals surface area contributed by atoms with Gasteiger partial charge in [-0.3, -0.25) is 4.79 Å². The van der Waals surface area contributed by atoms with Crippen LogP contribution in [0.2, 0.25) is 0 Å². The summed E-state index contributed by atoms with van der Waals surface area (Å²) in [4.78, 5) is 11.6. The highest BCUT2D eigenvalue weighted by molar-refractivity contribution is 6.00. The van der Waals surface area contributed by atoms with Crippen molar-refractivity contribution in [1.82, 2.24) is 0 Å². The molecule has 0 saturated heterocycles. The maximum absolute atomic E-state index is 11.6. The Labute approximate surface area is 84.1 Å². The summed E-state index contributed by atoms with van der Waals surface area (Å²) in [5.41, 5.74) is 13.3. The smallest absolute Gasteiger partial charge is 0.164 e. The van der Waals surface area contributed by atoms with Crippen LogP contribution in [0, 0.1) is 6.92 Å². The first-order chi connectivity index (χ1) is 6.65. The van der Waals surface area contributed by atoms with Crippen LogP contribution < -0.4 is 11.5 Å². The molecule has 0 heterocycles. The molecule has 1 aromatic rings. The van der Waals surface area contributed by atoms with Crippen molar-refractivity contribution < 1.29 is 4.79 Å². The Morgan fingerprint density at radius 2 is 2.14 bits per heavy atom. The van der Waals surface area contributed by atoms with E-state index in [1.807, 2.05) is 19.1 Å². The van der Waals surface area contributed by atoms with Gasteiger partial charge in [0, 0.05) is 17.7 Å². The van der Waals surface area contributed by atoms with Gasteiger partial charge in [0.25, 0.3) is 0 Å². The van der Waals surface area contributed by atoms with E-state index in [-0.39, 0.29) is 5.78 Å². The second kappa shape index (κ2) is 4.77. The summed E-state index contributed by atoms with van der Waals surface area (Å²) in [5.74, 6) is 0.0768. The predicted molar refractivity (Wildman–Crippen MR) is 58.2 cm³/mol. The topological polar surface area (TPSA) is 69.1 Å². The summed E-state index contributed by atoms with van der Waals surface area (Å²) < 4.78 is 0. The number of benzene rings is 1. The molecule has 1 rings (SSSR count). The lowest BCUT2D eigenvalue weighted by molar-refractivity contribution is 0.0981. The first kappa shape index (κ1) is 10.7. The van der Waals surface area contributed by atoms with Gasteiger partial charge in [0.1, 0.15) is 0 Å². The van der Waals surface area contributed by atoms with Gasteiger partial charge in [0.15, 0.2) is 5.78 Å². The van der Waals surface area contributed by atoms with E-state index in [1.165, 1.54) is 0 Å². The minimum absolute atomic E-state index is 0.0768. The Kier molecular flexibility index (Phi) is 3.65. The van der Waals surface area contributed by atoms with Crippen LogP contribution in [0.1, 0.15) is 28.8 Å². The van der Waals surface area contributed by atoms with Crippen LogP contribution in [0.15, 0.2) is 18.2 Å². The monoisotopic (exact) mass is 192 g/mol. The first-order valence-corrected chi connectivity index (χ1v) is 4.74. The summed E-state index contributed by atoms with van der Waals surface area (Å²) in [5, 5.41) is 0. The van der Waals surface area contributed by atoms with Crippen molar-refractivity contribution >= 4 is 11.5 Å². The molecule has 76 valence electrons. The number of rotatable bonds is 4. The number of Topliss-reactive ketones (excluding diaryl/α,β-unsaturated/α-hetero) is 1. The number of hydrogen-bond acceptors (Lipinski definition) is 3. The van der Waals surface area contributed by atoms with Crippen LogP contribution in [0.3, 0.4) is 0 Å². The molecule has 1 aromatic carbocycles. The maximum atomic E-state index is 11.6. The molecule has 0 unspecified atom stereocenters. The van der Waals surface area contributed by atoms with Crippen molar-refractivity contribution in [2.24, 2.45) is 5.73 Å². The summed E-state index contributed by atoms with van der Waals surface area (Å²) >= 11 is 0. The van der Waals surface area contributed by atoms with Gasteiger partial charge in [-0.05, 0) is 37.6 Å². The molecular formula is C11H16N2O. The highest BCUT2D eigenvalue weighted by Gasteiger charge is 2.08. The van der Waals surface area contributed by atoms with Crippen LogP contribution >= 0.6 is 0 Å². The van der Waals surface area contributed by atoms with E-state index in [4.69, 9.17) is 11.5 Å². The summed E-state index contributed by atoms with van der Waals surface area (Å²) in [6, 6.07) is 5.49. The summed E-state index contributed by atoms with van der Waals surface area (Å²) in [7, 11) is 0. The third-order valence-electron chi connectivity index (χ3n) is 2.12. The maximum Gasteiger partial charge on any atom is 0.164 e. The van der Waals surface area contributed by atoms with Crippen molar-refractivity contribution in [3.05, 3.63) is 29.3 Å². The Balaban J connectivity index is 2.80. The molecule has 4 N–H and O–H groups in total. The first-order valence-electron chi connectivity index (χ1n) is 4.74. The number of nitrogens with two attached hydrogens (primary N) is 2. The zero-order valence-electron chi connectivity index (χ0n) is 8.42. The quantitative estimate of drug-likeness (QED) is 0.561. The SMILES string of the molecule is Cc1ccc(C(=O)CCCN)c(N)c1. The lowest BCUT2D eigenvalue weighted by Gasteiger charge is -2.04. The number of anilines is 1. The highest BCUT2D eigenvalue weighted by atomic mass is 16.1. The second-order valence-corrected chi connectivity index (χ2v) is 3.41. The Morgan fingerprint density at radius 3 is 2.71 bits per heavy atom. The van der Waals surface area contributed by atoms with Crippen LogP contribution in [-0.4, -0.2) is 12.3 Å². The zero-order chi connectivity index (χ0) is 10.6. The fourth-order valence-electron chi connectivity index (χ4n) is 1.33. The van der Waals surface area contributed by atoms with Crippen molar-refractivity contribution in [1.29, 1.82) is 0 Å². The zero-order valence-corrected chi connectivity index (χ0v) is 8.42. The third-order valence-corrected chi connectivity index (χ3v) is 2.12. The number of hydrogen-bond donors (Lipinski definition) is 2. The largest absolute Gasteiger partial charge is 0.398 e. The van der Waals surface area contributed by atoms with Gasteiger partial charge in [-0.2, -0.15) is 0 Å². The van der Waals surface area contributed by atoms with Gasteiger partial charge in [0.2, 0.25) is 0 Å². The molecule has 0 fully saturated rings. The number of carbonyl (C=O) groups is 1. The summed E-state index contributed by atoms with van der Waals surface area (Å²) in [6.45, 7) is 2.49. The Hall–Kier alpha value is -1.35. The lowest BCUT2D eigenvalue weighted by atomic mass is 10.0. The van der Waals surface area contributed by atoms with Crippen molar-refractivity contribution in [2.45, 2.75) is 19.8 Å². The number of ketones is 1. The van der Waals surface area contributed by atoms with E-state index in [2.05, 4.69) is 0 Å². The molecule has 0 aliphatic heterocycles. The third kappa shape index (κ3) is 2.57. The van der Waals surface area contributed by atoms with E-state index in [0.29, 0.717) is 30.6 Å². The average molecular weight is 192 g/mol. The number of aryl methyl sites for hydroxylation is 1. The highest BCUT2D eigenvalue weighted by Crippen LogP contribution is 2.16. The Morgan fingerprint density at radius 1 is 1.43 bits per heavy atom. The van der Waals surface area contributed by atoms with Gasteiger partial charge < -0.3 is 11.5 Å². The van der Waals surface area contributed by atoms with Crippen molar-refractivity contribution in [3.63, 3.8) is 0 Å². The van der Waals surface area contributed by atoms with E-state index in [9.17, 15) is 4.79 Å². The van der Waals surface area contributed by atoms with E-state index in [0.717, 1.165) is 5.56 Å². The molecule has 0 spiro atoms.